The number of hydrogen-bond acceptors (Lipinski definition) is 5. The molecular weight excluding hydrogens is 238 g/mol. The van der Waals surface area contributed by atoms with Crippen LogP contribution in [0.5, 0.6) is 0 Å². The first-order valence-electron chi connectivity index (χ1n) is 5.80. The van der Waals surface area contributed by atoms with Gasteiger partial charge in [-0.1, -0.05) is 6.92 Å². The smallest absolute Gasteiger partial charge is 0.118 e. The van der Waals surface area contributed by atoms with Gasteiger partial charge >= 0.3 is 0 Å². The topological polar surface area (TPSA) is 79.6 Å². The number of furan rings is 1. The molecule has 4 N–H and O–H groups in total. The van der Waals surface area contributed by atoms with Gasteiger partial charge in [0.2, 0.25) is 0 Å². The Kier molecular flexibility index (Phi) is 6.05. The monoisotopic (exact) mass is 259 g/mol. The minimum Gasteiger partial charge on any atom is -0.465 e. The Hall–Kier alpha value is -0.490. The SMILES string of the molecule is CCC(N)C(SCC(O)CO)c1ccc(C)o1. The van der Waals surface area contributed by atoms with Crippen molar-refractivity contribution in [2.75, 3.05) is 12.4 Å². The van der Waals surface area contributed by atoms with Gasteiger partial charge < -0.3 is 20.4 Å². The van der Waals surface area contributed by atoms with Crippen molar-refractivity contribution in [3.05, 3.63) is 23.7 Å². The maximum atomic E-state index is 9.37. The highest BCUT2D eigenvalue weighted by Gasteiger charge is 2.23. The first-order valence-corrected chi connectivity index (χ1v) is 6.85. The van der Waals surface area contributed by atoms with E-state index in [1.165, 1.54) is 11.8 Å². The number of hydrogen-bond donors (Lipinski definition) is 3. The van der Waals surface area contributed by atoms with E-state index >= 15 is 0 Å². The molecule has 0 aliphatic carbocycles. The summed E-state index contributed by atoms with van der Waals surface area (Å²) in [6.07, 6.45) is 0.134. The number of rotatable bonds is 7. The lowest BCUT2D eigenvalue weighted by atomic mass is 10.1. The molecule has 0 aliphatic rings. The highest BCUT2D eigenvalue weighted by Crippen LogP contribution is 2.34. The minimum atomic E-state index is -0.706. The lowest BCUT2D eigenvalue weighted by Crippen LogP contribution is -2.27. The summed E-state index contributed by atoms with van der Waals surface area (Å²) < 4.78 is 5.59. The minimum absolute atomic E-state index is 0.0172. The average molecular weight is 259 g/mol. The number of nitrogens with two attached hydrogens (primary N) is 1. The van der Waals surface area contributed by atoms with Gasteiger partial charge in [-0.15, -0.1) is 11.8 Å². The van der Waals surface area contributed by atoms with E-state index in [0.29, 0.717) is 5.75 Å². The van der Waals surface area contributed by atoms with Gasteiger partial charge in [0.1, 0.15) is 11.5 Å². The molecule has 1 aromatic rings. The summed E-state index contributed by atoms with van der Waals surface area (Å²) in [6.45, 7) is 3.69. The van der Waals surface area contributed by atoms with Gasteiger partial charge in [0.25, 0.3) is 0 Å². The highest BCUT2D eigenvalue weighted by atomic mass is 32.2. The fourth-order valence-electron chi connectivity index (χ4n) is 1.50. The van der Waals surface area contributed by atoms with Crippen LogP contribution in [0.25, 0.3) is 0 Å². The molecule has 0 amide bonds. The molecule has 1 aromatic heterocycles. The van der Waals surface area contributed by atoms with Gasteiger partial charge in [-0.2, -0.15) is 0 Å². The molecule has 17 heavy (non-hydrogen) atoms. The summed E-state index contributed by atoms with van der Waals surface area (Å²) in [7, 11) is 0. The molecule has 1 rings (SSSR count). The van der Waals surface area contributed by atoms with Gasteiger partial charge in [-0.05, 0) is 25.5 Å². The molecule has 4 nitrogen and oxygen atoms in total. The van der Waals surface area contributed by atoms with Gasteiger partial charge in [0, 0.05) is 11.8 Å². The molecule has 5 heteroatoms. The zero-order valence-corrected chi connectivity index (χ0v) is 11.1. The van der Waals surface area contributed by atoms with Crippen LogP contribution in [0.4, 0.5) is 0 Å². The van der Waals surface area contributed by atoms with E-state index in [2.05, 4.69) is 0 Å². The molecule has 1 heterocycles. The van der Waals surface area contributed by atoms with Crippen LogP contribution in [0.2, 0.25) is 0 Å². The largest absolute Gasteiger partial charge is 0.465 e. The predicted molar refractivity (Wildman–Crippen MR) is 70.0 cm³/mol. The lowest BCUT2D eigenvalue weighted by molar-refractivity contribution is 0.113. The Balaban J connectivity index is 2.67. The second kappa shape index (κ2) is 7.06. The zero-order chi connectivity index (χ0) is 12.8. The van der Waals surface area contributed by atoms with Crippen LogP contribution in [0.3, 0.4) is 0 Å². The van der Waals surface area contributed by atoms with Crippen molar-refractivity contribution in [2.24, 2.45) is 5.73 Å². The molecule has 98 valence electrons. The third-order valence-electron chi connectivity index (χ3n) is 2.58. The molecule has 0 aliphatic heterocycles. The van der Waals surface area contributed by atoms with E-state index in [1.807, 2.05) is 26.0 Å². The molecule has 0 aromatic carbocycles. The van der Waals surface area contributed by atoms with Crippen LogP contribution in [0, 0.1) is 6.92 Å². The first-order chi connectivity index (χ1) is 8.08. The van der Waals surface area contributed by atoms with Crippen LogP contribution >= 0.6 is 11.8 Å². The summed E-state index contributed by atoms with van der Waals surface area (Å²) in [5, 5.41) is 18.2. The second-order valence-electron chi connectivity index (χ2n) is 4.11. The van der Waals surface area contributed by atoms with Crippen LogP contribution in [-0.2, 0) is 0 Å². The molecular formula is C12H21NO3S. The average Bonchev–Trinajstić information content (AvgIpc) is 2.75. The normalized spacial score (nSPS) is 16.8. The van der Waals surface area contributed by atoms with Gasteiger partial charge in [0.05, 0.1) is 18.0 Å². The third kappa shape index (κ3) is 4.35. The quantitative estimate of drug-likeness (QED) is 0.690. The van der Waals surface area contributed by atoms with Crippen LogP contribution in [0.15, 0.2) is 16.5 Å². The van der Waals surface area contributed by atoms with Crippen LogP contribution in [0.1, 0.15) is 30.1 Å². The fourth-order valence-corrected chi connectivity index (χ4v) is 2.77. The maximum Gasteiger partial charge on any atom is 0.118 e. The number of thioether (sulfide) groups is 1. The first kappa shape index (κ1) is 14.6. The third-order valence-corrected chi connectivity index (χ3v) is 4.10. The van der Waals surface area contributed by atoms with Crippen molar-refractivity contribution >= 4 is 11.8 Å². The summed E-state index contributed by atoms with van der Waals surface area (Å²) in [4.78, 5) is 0. The zero-order valence-electron chi connectivity index (χ0n) is 10.3. The van der Waals surface area contributed by atoms with Crippen molar-refractivity contribution in [3.8, 4) is 0 Å². The van der Waals surface area contributed by atoms with Gasteiger partial charge in [-0.3, -0.25) is 0 Å². The van der Waals surface area contributed by atoms with Crippen molar-refractivity contribution in [1.82, 2.24) is 0 Å². The van der Waals surface area contributed by atoms with E-state index in [1.54, 1.807) is 0 Å². The Labute approximate surface area is 106 Å². The number of aliphatic hydroxyl groups is 2. The molecule has 3 unspecified atom stereocenters. The molecule has 0 spiro atoms. The van der Waals surface area contributed by atoms with Crippen LogP contribution < -0.4 is 5.73 Å². The maximum absolute atomic E-state index is 9.37. The van der Waals surface area contributed by atoms with Crippen LogP contribution in [-0.4, -0.2) is 34.7 Å². The van der Waals surface area contributed by atoms with E-state index in [9.17, 15) is 5.11 Å². The van der Waals surface area contributed by atoms with E-state index in [-0.39, 0.29) is 17.9 Å². The van der Waals surface area contributed by atoms with E-state index < -0.39 is 6.10 Å². The fraction of sp³-hybridized carbons (Fsp3) is 0.667. The van der Waals surface area contributed by atoms with Crippen molar-refractivity contribution < 1.29 is 14.6 Å². The Morgan fingerprint density at radius 2 is 2.18 bits per heavy atom. The Morgan fingerprint density at radius 3 is 2.65 bits per heavy atom. The molecule has 0 bridgehead atoms. The Morgan fingerprint density at radius 1 is 1.47 bits per heavy atom. The molecule has 0 fully saturated rings. The standard InChI is InChI=1S/C12H21NO3S/c1-3-10(13)12(17-7-9(15)6-14)11-5-4-8(2)16-11/h4-5,9-10,12,14-15H,3,6-7,13H2,1-2H3. The Bertz CT molecular complexity index is 329. The van der Waals surface area contributed by atoms with Crippen molar-refractivity contribution in [3.63, 3.8) is 0 Å². The molecule has 3 atom stereocenters. The summed E-state index contributed by atoms with van der Waals surface area (Å²) in [5.74, 6) is 2.15. The van der Waals surface area contributed by atoms with Crippen molar-refractivity contribution in [1.29, 1.82) is 0 Å². The van der Waals surface area contributed by atoms with Crippen molar-refractivity contribution in [2.45, 2.75) is 37.7 Å². The summed E-state index contributed by atoms with van der Waals surface area (Å²) >= 11 is 1.52. The summed E-state index contributed by atoms with van der Waals surface area (Å²) in [6, 6.07) is 3.82. The molecule has 0 saturated heterocycles. The second-order valence-corrected chi connectivity index (χ2v) is 5.29. The number of aliphatic hydroxyl groups excluding tert-OH is 2. The van der Waals surface area contributed by atoms with Gasteiger partial charge in [-0.25, -0.2) is 0 Å². The lowest BCUT2D eigenvalue weighted by Gasteiger charge is -2.21. The molecule has 0 radical (unpaired) electrons. The summed E-state index contributed by atoms with van der Waals surface area (Å²) in [5.41, 5.74) is 6.06. The number of aryl methyl sites for hydroxylation is 1. The van der Waals surface area contributed by atoms with E-state index in [4.69, 9.17) is 15.3 Å². The van der Waals surface area contributed by atoms with Gasteiger partial charge in [0.15, 0.2) is 0 Å². The van der Waals surface area contributed by atoms with E-state index in [0.717, 1.165) is 17.9 Å². The highest BCUT2D eigenvalue weighted by molar-refractivity contribution is 7.99. The molecule has 0 saturated carbocycles. The predicted octanol–water partition coefficient (Wildman–Crippen LogP) is 1.45.